The molecule has 18 heavy (non-hydrogen) atoms. The van der Waals surface area contributed by atoms with Crippen LogP contribution in [0.4, 0.5) is 4.79 Å². The number of rotatable bonds is 2. The predicted octanol–water partition coefficient (Wildman–Crippen LogP) is 2.17. The van der Waals surface area contributed by atoms with Gasteiger partial charge in [0, 0.05) is 19.1 Å². The highest BCUT2D eigenvalue weighted by Gasteiger charge is 2.23. The van der Waals surface area contributed by atoms with Gasteiger partial charge < -0.3 is 15.4 Å². The molecular formula is C14H20N2O2. The summed E-state index contributed by atoms with van der Waals surface area (Å²) in [4.78, 5) is 13.7. The molecule has 2 N–H and O–H groups in total. The maximum Gasteiger partial charge on any atom is 0.415 e. The summed E-state index contributed by atoms with van der Waals surface area (Å²) in [6.07, 6.45) is 2.50. The van der Waals surface area contributed by atoms with E-state index in [1.807, 2.05) is 31.2 Å². The van der Waals surface area contributed by atoms with Crippen LogP contribution in [-0.2, 0) is 6.42 Å². The molecule has 98 valence electrons. The number of carbonyl (C=O) groups is 1. The van der Waals surface area contributed by atoms with Crippen LogP contribution in [0, 0.1) is 0 Å². The third-order valence-corrected chi connectivity index (χ3v) is 3.27. The molecule has 0 spiro atoms. The van der Waals surface area contributed by atoms with Crippen LogP contribution in [0.5, 0.6) is 5.75 Å². The maximum absolute atomic E-state index is 12.0. The summed E-state index contributed by atoms with van der Waals surface area (Å²) in [6, 6.07) is 7.72. The Bertz CT molecular complexity index is 420. The van der Waals surface area contributed by atoms with Crippen LogP contribution >= 0.6 is 0 Å². The lowest BCUT2D eigenvalue weighted by molar-refractivity contribution is 0.137. The van der Waals surface area contributed by atoms with Crippen LogP contribution in [0.3, 0.4) is 0 Å². The lowest BCUT2D eigenvalue weighted by Crippen LogP contribution is -2.46. The molecule has 1 unspecified atom stereocenters. The molecule has 4 nitrogen and oxygen atoms in total. The van der Waals surface area contributed by atoms with E-state index in [2.05, 4.69) is 0 Å². The van der Waals surface area contributed by atoms with E-state index < -0.39 is 0 Å². The molecule has 4 heteroatoms. The molecule has 1 heterocycles. The normalized spacial score (nSPS) is 19.7. The van der Waals surface area contributed by atoms with Gasteiger partial charge in [-0.3, -0.25) is 0 Å². The molecule has 1 saturated heterocycles. The third-order valence-electron chi connectivity index (χ3n) is 3.27. The van der Waals surface area contributed by atoms with Gasteiger partial charge in [0.15, 0.2) is 0 Å². The van der Waals surface area contributed by atoms with Gasteiger partial charge in [-0.15, -0.1) is 0 Å². The first-order chi connectivity index (χ1) is 8.70. The number of para-hydroxylation sites is 1. The number of hydrogen-bond donors (Lipinski definition) is 1. The van der Waals surface area contributed by atoms with E-state index in [0.29, 0.717) is 12.3 Å². The number of benzene rings is 1. The number of nitrogens with two attached hydrogens (primary N) is 1. The van der Waals surface area contributed by atoms with Crippen LogP contribution in [0.2, 0.25) is 0 Å². The Morgan fingerprint density at radius 1 is 1.50 bits per heavy atom. The Morgan fingerprint density at radius 3 is 3.00 bits per heavy atom. The molecule has 0 aromatic heterocycles. The molecule has 1 aromatic rings. The third kappa shape index (κ3) is 3.01. The van der Waals surface area contributed by atoms with Crippen molar-refractivity contribution in [3.05, 3.63) is 29.8 Å². The fourth-order valence-corrected chi connectivity index (χ4v) is 2.23. The minimum Gasteiger partial charge on any atom is -0.410 e. The van der Waals surface area contributed by atoms with Crippen LogP contribution in [-0.4, -0.2) is 30.1 Å². The number of carbonyl (C=O) groups excluding carboxylic acids is 1. The summed E-state index contributed by atoms with van der Waals surface area (Å²) in [6.45, 7) is 3.37. The molecule has 0 bridgehead atoms. The van der Waals surface area contributed by atoms with Gasteiger partial charge >= 0.3 is 6.09 Å². The molecule has 1 aromatic carbocycles. The molecule has 1 aliphatic heterocycles. The number of ether oxygens (including phenoxy) is 1. The molecule has 1 atom stereocenters. The van der Waals surface area contributed by atoms with Gasteiger partial charge in [0.1, 0.15) is 5.75 Å². The van der Waals surface area contributed by atoms with Gasteiger partial charge in [0.2, 0.25) is 0 Å². The lowest BCUT2D eigenvalue weighted by atomic mass is 10.1. The van der Waals surface area contributed by atoms with Crippen molar-refractivity contribution in [3.63, 3.8) is 0 Å². The SMILES string of the molecule is CCc1ccccc1OC(=O)N1CCCC(N)C1. The summed E-state index contributed by atoms with van der Waals surface area (Å²) in [5.74, 6) is 0.657. The summed E-state index contributed by atoms with van der Waals surface area (Å²) >= 11 is 0. The monoisotopic (exact) mass is 248 g/mol. The van der Waals surface area contributed by atoms with Gasteiger partial charge in [-0.25, -0.2) is 4.79 Å². The van der Waals surface area contributed by atoms with Crippen LogP contribution in [0.1, 0.15) is 25.3 Å². The highest BCUT2D eigenvalue weighted by molar-refractivity contribution is 5.71. The first kappa shape index (κ1) is 12.9. The minimum atomic E-state index is -0.286. The van der Waals surface area contributed by atoms with Crippen molar-refractivity contribution in [2.45, 2.75) is 32.2 Å². The van der Waals surface area contributed by atoms with E-state index >= 15 is 0 Å². The zero-order valence-electron chi connectivity index (χ0n) is 10.8. The van der Waals surface area contributed by atoms with Gasteiger partial charge in [-0.2, -0.15) is 0 Å². The van der Waals surface area contributed by atoms with Crippen LogP contribution in [0.15, 0.2) is 24.3 Å². The average Bonchev–Trinajstić information content (AvgIpc) is 2.39. The molecule has 0 radical (unpaired) electrons. The van der Waals surface area contributed by atoms with Crippen molar-refractivity contribution < 1.29 is 9.53 Å². The number of hydrogen-bond acceptors (Lipinski definition) is 3. The highest BCUT2D eigenvalue weighted by Crippen LogP contribution is 2.20. The van der Waals surface area contributed by atoms with Crippen molar-refractivity contribution >= 4 is 6.09 Å². The maximum atomic E-state index is 12.0. The molecule has 1 aliphatic rings. The van der Waals surface area contributed by atoms with Crippen molar-refractivity contribution in [1.82, 2.24) is 4.90 Å². The number of nitrogens with zero attached hydrogens (tertiary/aromatic N) is 1. The van der Waals surface area contributed by atoms with Crippen molar-refractivity contribution in [2.75, 3.05) is 13.1 Å². The Kier molecular flexibility index (Phi) is 4.20. The summed E-state index contributed by atoms with van der Waals surface area (Å²) < 4.78 is 5.46. The fourth-order valence-electron chi connectivity index (χ4n) is 2.23. The molecule has 0 aliphatic carbocycles. The van der Waals surface area contributed by atoms with Gasteiger partial charge in [-0.1, -0.05) is 25.1 Å². The second-order valence-corrected chi connectivity index (χ2v) is 4.68. The standard InChI is InChI=1S/C14H20N2O2/c1-2-11-6-3-4-8-13(11)18-14(17)16-9-5-7-12(15)10-16/h3-4,6,8,12H,2,5,7,9-10,15H2,1H3. The lowest BCUT2D eigenvalue weighted by Gasteiger charge is -2.30. The Morgan fingerprint density at radius 2 is 2.28 bits per heavy atom. The van der Waals surface area contributed by atoms with E-state index in [0.717, 1.165) is 31.4 Å². The predicted molar refractivity (Wildman–Crippen MR) is 70.6 cm³/mol. The minimum absolute atomic E-state index is 0.0766. The number of aryl methyl sites for hydroxylation is 1. The Labute approximate surface area is 108 Å². The number of likely N-dealkylation sites (tertiary alicyclic amines) is 1. The summed E-state index contributed by atoms with van der Waals surface area (Å²) in [5.41, 5.74) is 6.91. The van der Waals surface area contributed by atoms with E-state index in [-0.39, 0.29) is 12.1 Å². The molecule has 1 amide bonds. The Balaban J connectivity index is 2.02. The number of piperidine rings is 1. The van der Waals surface area contributed by atoms with Gasteiger partial charge in [0.05, 0.1) is 0 Å². The summed E-state index contributed by atoms with van der Waals surface area (Å²) in [5, 5.41) is 0. The number of amides is 1. The van der Waals surface area contributed by atoms with Crippen molar-refractivity contribution in [3.8, 4) is 5.75 Å². The van der Waals surface area contributed by atoms with E-state index in [1.165, 1.54) is 0 Å². The van der Waals surface area contributed by atoms with E-state index in [9.17, 15) is 4.79 Å². The fraction of sp³-hybridized carbons (Fsp3) is 0.500. The van der Waals surface area contributed by atoms with Crippen molar-refractivity contribution in [2.24, 2.45) is 5.73 Å². The average molecular weight is 248 g/mol. The second-order valence-electron chi connectivity index (χ2n) is 4.68. The van der Waals surface area contributed by atoms with Gasteiger partial charge in [-0.05, 0) is 30.9 Å². The van der Waals surface area contributed by atoms with Crippen LogP contribution < -0.4 is 10.5 Å². The highest BCUT2D eigenvalue weighted by atomic mass is 16.6. The molecular weight excluding hydrogens is 228 g/mol. The zero-order valence-corrected chi connectivity index (χ0v) is 10.8. The summed E-state index contributed by atoms with van der Waals surface area (Å²) in [7, 11) is 0. The largest absolute Gasteiger partial charge is 0.415 e. The topological polar surface area (TPSA) is 55.6 Å². The van der Waals surface area contributed by atoms with E-state index in [1.54, 1.807) is 4.90 Å². The molecule has 2 rings (SSSR count). The van der Waals surface area contributed by atoms with Crippen molar-refractivity contribution in [1.29, 1.82) is 0 Å². The Hall–Kier alpha value is -1.55. The van der Waals surface area contributed by atoms with Crippen LogP contribution in [0.25, 0.3) is 0 Å². The van der Waals surface area contributed by atoms with E-state index in [4.69, 9.17) is 10.5 Å². The molecule has 1 fully saturated rings. The quantitative estimate of drug-likeness (QED) is 0.872. The second kappa shape index (κ2) is 5.87. The first-order valence-electron chi connectivity index (χ1n) is 6.51. The van der Waals surface area contributed by atoms with Gasteiger partial charge in [0.25, 0.3) is 0 Å². The molecule has 0 saturated carbocycles. The smallest absolute Gasteiger partial charge is 0.410 e. The zero-order chi connectivity index (χ0) is 13.0. The first-order valence-corrected chi connectivity index (χ1v) is 6.51.